The molecule has 1 aliphatic rings. The fourth-order valence-corrected chi connectivity index (χ4v) is 2.75. The lowest BCUT2D eigenvalue weighted by molar-refractivity contribution is 0.256. The van der Waals surface area contributed by atoms with Gasteiger partial charge < -0.3 is 10.2 Å². The van der Waals surface area contributed by atoms with E-state index in [1.807, 2.05) is 12.1 Å². The van der Waals surface area contributed by atoms with E-state index in [4.69, 9.17) is 5.26 Å². The molecule has 0 saturated carbocycles. The van der Waals surface area contributed by atoms with Gasteiger partial charge >= 0.3 is 0 Å². The molecule has 0 radical (unpaired) electrons. The van der Waals surface area contributed by atoms with Crippen LogP contribution in [0.1, 0.15) is 36.0 Å². The molecule has 1 unspecified atom stereocenters. The van der Waals surface area contributed by atoms with Gasteiger partial charge in [0.1, 0.15) is 0 Å². The summed E-state index contributed by atoms with van der Waals surface area (Å²) in [6.45, 7) is 5.30. The number of benzene rings is 1. The largest absolute Gasteiger partial charge is 0.313 e. The Morgan fingerprint density at radius 1 is 1.42 bits per heavy atom. The number of hydrogen-bond acceptors (Lipinski definition) is 3. The van der Waals surface area contributed by atoms with Gasteiger partial charge in [-0.05, 0) is 56.6 Å². The van der Waals surface area contributed by atoms with Crippen LogP contribution in [-0.2, 0) is 6.54 Å². The summed E-state index contributed by atoms with van der Waals surface area (Å²) in [5.41, 5.74) is 3.28. The van der Waals surface area contributed by atoms with E-state index in [1.54, 1.807) is 0 Å². The van der Waals surface area contributed by atoms with Gasteiger partial charge in [-0.1, -0.05) is 12.5 Å². The predicted molar refractivity (Wildman–Crippen MR) is 77.9 cm³/mol. The number of nitriles is 1. The van der Waals surface area contributed by atoms with Crippen molar-refractivity contribution in [1.29, 1.82) is 5.26 Å². The Morgan fingerprint density at radius 2 is 2.26 bits per heavy atom. The minimum absolute atomic E-state index is 0.637. The number of nitrogens with zero attached hydrogens (tertiary/aromatic N) is 2. The number of hydrogen-bond donors (Lipinski definition) is 1. The molecule has 0 bridgehead atoms. The van der Waals surface area contributed by atoms with Gasteiger partial charge in [0.25, 0.3) is 0 Å². The maximum atomic E-state index is 8.88. The average Bonchev–Trinajstić information content (AvgIpc) is 2.42. The van der Waals surface area contributed by atoms with Gasteiger partial charge in [-0.25, -0.2) is 0 Å². The van der Waals surface area contributed by atoms with E-state index in [0.29, 0.717) is 6.04 Å². The minimum Gasteiger partial charge on any atom is -0.313 e. The monoisotopic (exact) mass is 257 g/mol. The highest BCUT2D eigenvalue weighted by atomic mass is 15.1. The van der Waals surface area contributed by atoms with Crippen molar-refractivity contribution in [3.05, 3.63) is 34.9 Å². The van der Waals surface area contributed by atoms with Gasteiger partial charge in [0.15, 0.2) is 0 Å². The van der Waals surface area contributed by atoms with Crippen LogP contribution in [0.25, 0.3) is 0 Å². The average molecular weight is 257 g/mol. The van der Waals surface area contributed by atoms with Crippen LogP contribution < -0.4 is 5.32 Å². The van der Waals surface area contributed by atoms with Crippen LogP contribution in [-0.4, -0.2) is 31.1 Å². The van der Waals surface area contributed by atoms with Crippen molar-refractivity contribution in [2.24, 2.45) is 0 Å². The molecule has 1 aromatic rings. The second-order valence-corrected chi connectivity index (χ2v) is 5.60. The summed E-state index contributed by atoms with van der Waals surface area (Å²) >= 11 is 0. The SMILES string of the molecule is Cc1cc(C#N)ccc1CN(C)CC1CCCCN1. The fourth-order valence-electron chi connectivity index (χ4n) is 2.75. The first-order valence-electron chi connectivity index (χ1n) is 7.10. The maximum Gasteiger partial charge on any atom is 0.0991 e. The number of nitrogens with one attached hydrogen (secondary N) is 1. The highest BCUT2D eigenvalue weighted by Crippen LogP contribution is 2.14. The quantitative estimate of drug-likeness (QED) is 0.900. The second kappa shape index (κ2) is 6.70. The molecular weight excluding hydrogens is 234 g/mol. The van der Waals surface area contributed by atoms with E-state index >= 15 is 0 Å². The predicted octanol–water partition coefficient (Wildman–Crippen LogP) is 2.44. The van der Waals surface area contributed by atoms with Gasteiger partial charge in [-0.2, -0.15) is 5.26 Å². The highest BCUT2D eigenvalue weighted by Gasteiger charge is 2.14. The Hall–Kier alpha value is -1.37. The van der Waals surface area contributed by atoms with Crippen LogP contribution in [0.15, 0.2) is 18.2 Å². The normalized spacial score (nSPS) is 19.4. The molecule has 19 heavy (non-hydrogen) atoms. The van der Waals surface area contributed by atoms with E-state index in [2.05, 4.69) is 36.3 Å². The summed E-state index contributed by atoms with van der Waals surface area (Å²) in [7, 11) is 2.17. The van der Waals surface area contributed by atoms with Crippen molar-refractivity contribution >= 4 is 0 Å². The lowest BCUT2D eigenvalue weighted by Gasteiger charge is -2.28. The van der Waals surface area contributed by atoms with Crippen molar-refractivity contribution in [2.75, 3.05) is 20.1 Å². The molecule has 0 aromatic heterocycles. The van der Waals surface area contributed by atoms with Crippen LogP contribution in [0.2, 0.25) is 0 Å². The first-order chi connectivity index (χ1) is 9.19. The third-order valence-corrected chi connectivity index (χ3v) is 3.86. The number of aryl methyl sites for hydroxylation is 1. The fraction of sp³-hybridized carbons (Fsp3) is 0.562. The molecule has 0 spiro atoms. The van der Waals surface area contributed by atoms with Crippen LogP contribution in [0.4, 0.5) is 0 Å². The van der Waals surface area contributed by atoms with Gasteiger partial charge in [-0.15, -0.1) is 0 Å². The first-order valence-corrected chi connectivity index (χ1v) is 7.10. The maximum absolute atomic E-state index is 8.88. The van der Waals surface area contributed by atoms with Crippen LogP contribution in [0.5, 0.6) is 0 Å². The van der Waals surface area contributed by atoms with E-state index in [1.165, 1.54) is 30.4 Å². The third-order valence-electron chi connectivity index (χ3n) is 3.86. The van der Waals surface area contributed by atoms with Gasteiger partial charge in [-0.3, -0.25) is 0 Å². The third kappa shape index (κ3) is 4.05. The highest BCUT2D eigenvalue weighted by molar-refractivity contribution is 5.37. The molecule has 1 heterocycles. The molecular formula is C16H23N3. The van der Waals surface area contributed by atoms with Crippen molar-refractivity contribution < 1.29 is 0 Å². The Balaban J connectivity index is 1.91. The summed E-state index contributed by atoms with van der Waals surface area (Å²) in [6, 6.07) is 8.79. The summed E-state index contributed by atoms with van der Waals surface area (Å²) in [5, 5.41) is 12.5. The molecule has 1 atom stereocenters. The smallest absolute Gasteiger partial charge is 0.0991 e. The zero-order chi connectivity index (χ0) is 13.7. The second-order valence-electron chi connectivity index (χ2n) is 5.60. The van der Waals surface area contributed by atoms with Crippen LogP contribution in [0, 0.1) is 18.3 Å². The van der Waals surface area contributed by atoms with Crippen molar-refractivity contribution in [1.82, 2.24) is 10.2 Å². The summed E-state index contributed by atoms with van der Waals surface area (Å²) in [5.74, 6) is 0. The van der Waals surface area contributed by atoms with Crippen molar-refractivity contribution in [3.8, 4) is 6.07 Å². The lowest BCUT2D eigenvalue weighted by Crippen LogP contribution is -2.42. The molecule has 3 heteroatoms. The van der Waals surface area contributed by atoms with Crippen LogP contribution in [0.3, 0.4) is 0 Å². The minimum atomic E-state index is 0.637. The molecule has 2 rings (SSSR count). The van der Waals surface area contributed by atoms with Gasteiger partial charge in [0.2, 0.25) is 0 Å². The summed E-state index contributed by atoms with van der Waals surface area (Å²) in [6.07, 6.45) is 3.95. The Labute approximate surface area is 116 Å². The zero-order valence-corrected chi connectivity index (χ0v) is 11.9. The molecule has 0 amide bonds. The van der Waals surface area contributed by atoms with E-state index in [-0.39, 0.29) is 0 Å². The Bertz CT molecular complexity index is 456. The lowest BCUT2D eigenvalue weighted by atomic mass is 10.0. The van der Waals surface area contributed by atoms with E-state index < -0.39 is 0 Å². The Morgan fingerprint density at radius 3 is 2.89 bits per heavy atom. The summed E-state index contributed by atoms with van der Waals surface area (Å²) < 4.78 is 0. The standard InChI is InChI=1S/C16H23N3/c1-13-9-14(10-17)6-7-15(13)11-19(2)12-16-5-3-4-8-18-16/h6-7,9,16,18H,3-5,8,11-12H2,1-2H3. The molecule has 0 aliphatic carbocycles. The van der Waals surface area contributed by atoms with Gasteiger partial charge in [0, 0.05) is 19.1 Å². The summed E-state index contributed by atoms with van der Waals surface area (Å²) in [4.78, 5) is 2.37. The number of likely N-dealkylation sites (N-methyl/N-ethyl adjacent to an activating group) is 1. The molecule has 3 nitrogen and oxygen atoms in total. The zero-order valence-electron chi connectivity index (χ0n) is 11.9. The number of rotatable bonds is 4. The van der Waals surface area contributed by atoms with Gasteiger partial charge in [0.05, 0.1) is 11.6 Å². The van der Waals surface area contributed by atoms with Crippen molar-refractivity contribution in [2.45, 2.75) is 38.8 Å². The first kappa shape index (κ1) is 14.0. The molecule has 1 N–H and O–H groups in total. The molecule has 1 aromatic carbocycles. The molecule has 102 valence electrons. The topological polar surface area (TPSA) is 39.1 Å². The van der Waals surface area contributed by atoms with E-state index in [9.17, 15) is 0 Å². The number of piperidine rings is 1. The Kier molecular flexibility index (Phi) is 4.95. The van der Waals surface area contributed by atoms with Crippen molar-refractivity contribution in [3.63, 3.8) is 0 Å². The molecule has 1 fully saturated rings. The molecule has 1 saturated heterocycles. The van der Waals surface area contributed by atoms with Crippen LogP contribution >= 0.6 is 0 Å². The van der Waals surface area contributed by atoms with E-state index in [0.717, 1.165) is 25.2 Å². The molecule has 1 aliphatic heterocycles.